The van der Waals surface area contributed by atoms with Crippen molar-refractivity contribution in [3.05, 3.63) is 80.7 Å². The van der Waals surface area contributed by atoms with Crippen LogP contribution in [0.2, 0.25) is 0 Å². The van der Waals surface area contributed by atoms with E-state index in [9.17, 15) is 18.8 Å². The molecular weight excluding hydrogens is 413 g/mol. The fourth-order valence-electron chi connectivity index (χ4n) is 4.46. The molecule has 1 aliphatic rings. The lowest BCUT2D eigenvalue weighted by atomic mass is 9.80. The number of ether oxygens (including phenoxy) is 1. The van der Waals surface area contributed by atoms with Crippen molar-refractivity contribution < 1.29 is 13.9 Å². The molecule has 0 bridgehead atoms. The van der Waals surface area contributed by atoms with Crippen molar-refractivity contribution >= 4 is 16.9 Å². The fourth-order valence-corrected chi connectivity index (χ4v) is 4.46. The van der Waals surface area contributed by atoms with Gasteiger partial charge in [0.15, 0.2) is 0 Å². The predicted molar refractivity (Wildman–Crippen MR) is 119 cm³/mol. The third-order valence-corrected chi connectivity index (χ3v) is 6.11. The lowest BCUT2D eigenvalue weighted by Gasteiger charge is -2.37. The highest BCUT2D eigenvalue weighted by Crippen LogP contribution is 2.34. The molecule has 4 rings (SSSR count). The Morgan fingerprint density at radius 1 is 1.12 bits per heavy atom. The molecule has 1 aliphatic heterocycles. The summed E-state index contributed by atoms with van der Waals surface area (Å²) in [5, 5.41) is 0.464. The van der Waals surface area contributed by atoms with E-state index in [0.717, 1.165) is 5.56 Å². The maximum absolute atomic E-state index is 13.4. The highest BCUT2D eigenvalue weighted by atomic mass is 19.1. The normalized spacial score (nSPS) is 19.2. The quantitative estimate of drug-likeness (QED) is 0.597. The lowest BCUT2D eigenvalue weighted by Crippen LogP contribution is -2.46. The summed E-state index contributed by atoms with van der Waals surface area (Å²) in [5.74, 6) is -1.07. The SMILES string of the molecule is CCOC(=O)[C@@H]1CN(CCn2c(=O)[nH]c3ccccc3c2=O)CC[C@@H]1c1ccc(F)cc1. The molecule has 0 amide bonds. The van der Waals surface area contributed by atoms with E-state index in [1.165, 1.54) is 16.7 Å². The number of carbonyl (C=O) groups is 1. The lowest BCUT2D eigenvalue weighted by molar-refractivity contribution is -0.150. The Balaban J connectivity index is 1.52. The summed E-state index contributed by atoms with van der Waals surface area (Å²) in [5.41, 5.74) is 0.650. The van der Waals surface area contributed by atoms with Gasteiger partial charge in [0.05, 0.1) is 23.4 Å². The van der Waals surface area contributed by atoms with E-state index >= 15 is 0 Å². The van der Waals surface area contributed by atoms with E-state index in [1.807, 2.05) is 0 Å². The molecule has 1 saturated heterocycles. The number of aromatic nitrogens is 2. The molecule has 32 heavy (non-hydrogen) atoms. The first-order valence-corrected chi connectivity index (χ1v) is 10.8. The van der Waals surface area contributed by atoms with Gasteiger partial charge in [0.1, 0.15) is 5.82 Å². The van der Waals surface area contributed by atoms with Gasteiger partial charge in [0.2, 0.25) is 0 Å². The van der Waals surface area contributed by atoms with Crippen molar-refractivity contribution in [1.29, 1.82) is 0 Å². The summed E-state index contributed by atoms with van der Waals surface area (Å²) in [6.45, 7) is 3.86. The number of halogens is 1. The van der Waals surface area contributed by atoms with Crippen molar-refractivity contribution in [3.8, 4) is 0 Å². The maximum Gasteiger partial charge on any atom is 0.328 e. The summed E-state index contributed by atoms with van der Waals surface area (Å²) in [7, 11) is 0. The van der Waals surface area contributed by atoms with Crippen molar-refractivity contribution in [3.63, 3.8) is 0 Å². The standard InChI is InChI=1S/C24H26FN3O4/c1-2-32-23(30)20-15-27(12-11-18(20)16-7-9-17(25)10-8-16)13-14-28-22(29)19-5-3-4-6-21(19)26-24(28)31/h3-10,18,20H,2,11-15H2,1H3,(H,26,31)/t18-,20-/m1/s1. The molecule has 2 atom stereocenters. The molecule has 0 radical (unpaired) electrons. The van der Waals surface area contributed by atoms with Crippen LogP contribution in [0.15, 0.2) is 58.1 Å². The molecular formula is C24H26FN3O4. The zero-order valence-corrected chi connectivity index (χ0v) is 17.9. The molecule has 7 nitrogen and oxygen atoms in total. The highest BCUT2D eigenvalue weighted by Gasteiger charge is 2.36. The van der Waals surface area contributed by atoms with Gasteiger partial charge in [0.25, 0.3) is 5.56 Å². The van der Waals surface area contributed by atoms with Crippen molar-refractivity contribution in [1.82, 2.24) is 14.5 Å². The zero-order valence-electron chi connectivity index (χ0n) is 17.9. The highest BCUT2D eigenvalue weighted by molar-refractivity contribution is 5.77. The molecule has 1 aromatic heterocycles. The van der Waals surface area contributed by atoms with Crippen LogP contribution in [0.25, 0.3) is 10.9 Å². The summed E-state index contributed by atoms with van der Waals surface area (Å²) in [6, 6.07) is 13.2. The molecule has 2 aromatic carbocycles. The number of hydrogen-bond acceptors (Lipinski definition) is 5. The molecule has 8 heteroatoms. The van der Waals surface area contributed by atoms with Crippen LogP contribution < -0.4 is 11.2 Å². The number of esters is 1. The third kappa shape index (κ3) is 4.50. The zero-order chi connectivity index (χ0) is 22.7. The van der Waals surface area contributed by atoms with Gasteiger partial charge in [-0.25, -0.2) is 9.18 Å². The Labute approximate surface area is 184 Å². The smallest absolute Gasteiger partial charge is 0.328 e. The van der Waals surface area contributed by atoms with Crippen molar-refractivity contribution in [2.24, 2.45) is 5.92 Å². The molecule has 2 heterocycles. The van der Waals surface area contributed by atoms with Gasteiger partial charge < -0.3 is 14.6 Å². The molecule has 0 aliphatic carbocycles. The number of likely N-dealkylation sites (tertiary alicyclic amines) is 1. The average molecular weight is 439 g/mol. The molecule has 0 unspecified atom stereocenters. The summed E-state index contributed by atoms with van der Waals surface area (Å²) >= 11 is 0. The monoisotopic (exact) mass is 439 g/mol. The number of aromatic amines is 1. The van der Waals surface area contributed by atoms with Gasteiger partial charge in [-0.05, 0) is 55.6 Å². The Hall–Kier alpha value is -3.26. The number of carbonyl (C=O) groups excluding carboxylic acids is 1. The van der Waals surface area contributed by atoms with E-state index in [1.54, 1.807) is 43.3 Å². The van der Waals surface area contributed by atoms with Crippen molar-refractivity contribution in [2.45, 2.75) is 25.8 Å². The summed E-state index contributed by atoms with van der Waals surface area (Å²) in [6.07, 6.45) is 0.693. The van der Waals surface area contributed by atoms with E-state index in [0.29, 0.717) is 37.0 Å². The van der Waals surface area contributed by atoms with Gasteiger partial charge >= 0.3 is 11.7 Å². The van der Waals surface area contributed by atoms with Crippen LogP contribution >= 0.6 is 0 Å². The molecule has 1 N–H and O–H groups in total. The topological polar surface area (TPSA) is 84.4 Å². The number of nitrogens with zero attached hydrogens (tertiary/aromatic N) is 2. The Kier molecular flexibility index (Phi) is 6.50. The number of benzene rings is 2. The Morgan fingerprint density at radius 3 is 2.62 bits per heavy atom. The van der Waals surface area contributed by atoms with Crippen LogP contribution in [-0.2, 0) is 16.1 Å². The molecule has 3 aromatic rings. The van der Waals surface area contributed by atoms with E-state index in [2.05, 4.69) is 9.88 Å². The minimum atomic E-state index is -0.447. The second kappa shape index (κ2) is 9.48. The summed E-state index contributed by atoms with van der Waals surface area (Å²) in [4.78, 5) is 42.7. The fraction of sp³-hybridized carbons (Fsp3) is 0.375. The van der Waals surface area contributed by atoms with E-state index in [-0.39, 0.29) is 36.4 Å². The number of piperidine rings is 1. The molecule has 0 spiro atoms. The second-order valence-electron chi connectivity index (χ2n) is 8.04. The van der Waals surface area contributed by atoms with E-state index in [4.69, 9.17) is 4.74 Å². The number of H-pyrrole nitrogens is 1. The molecule has 168 valence electrons. The first-order valence-electron chi connectivity index (χ1n) is 10.8. The van der Waals surface area contributed by atoms with Crippen LogP contribution in [0.5, 0.6) is 0 Å². The first kappa shape index (κ1) is 22.0. The van der Waals surface area contributed by atoms with Crippen LogP contribution in [-0.4, -0.2) is 46.7 Å². The van der Waals surface area contributed by atoms with Crippen LogP contribution in [0.1, 0.15) is 24.8 Å². The second-order valence-corrected chi connectivity index (χ2v) is 8.04. The predicted octanol–water partition coefficient (Wildman–Crippen LogP) is 2.50. The Bertz CT molecular complexity index is 1220. The minimum absolute atomic E-state index is 0.0716. The molecule has 0 saturated carbocycles. The third-order valence-electron chi connectivity index (χ3n) is 6.11. The average Bonchev–Trinajstić information content (AvgIpc) is 2.79. The number of fused-ring (bicyclic) bond motifs is 1. The van der Waals surface area contributed by atoms with Gasteiger partial charge in [-0.1, -0.05) is 24.3 Å². The van der Waals surface area contributed by atoms with E-state index < -0.39 is 11.6 Å². The number of rotatable bonds is 6. The largest absolute Gasteiger partial charge is 0.466 e. The van der Waals surface area contributed by atoms with Crippen LogP contribution in [0.3, 0.4) is 0 Å². The minimum Gasteiger partial charge on any atom is -0.466 e. The Morgan fingerprint density at radius 2 is 1.88 bits per heavy atom. The number of para-hydroxylation sites is 1. The maximum atomic E-state index is 13.4. The van der Waals surface area contributed by atoms with Gasteiger partial charge in [0, 0.05) is 19.6 Å². The van der Waals surface area contributed by atoms with Gasteiger partial charge in [-0.15, -0.1) is 0 Å². The van der Waals surface area contributed by atoms with Crippen LogP contribution in [0, 0.1) is 11.7 Å². The number of hydrogen-bond donors (Lipinski definition) is 1. The van der Waals surface area contributed by atoms with Crippen LogP contribution in [0.4, 0.5) is 4.39 Å². The number of nitrogens with one attached hydrogen (secondary N) is 1. The molecule has 1 fully saturated rings. The van der Waals surface area contributed by atoms with Gasteiger partial charge in [-0.2, -0.15) is 0 Å². The first-order chi connectivity index (χ1) is 15.5. The van der Waals surface area contributed by atoms with Gasteiger partial charge in [-0.3, -0.25) is 14.2 Å². The summed E-state index contributed by atoms with van der Waals surface area (Å²) < 4.78 is 19.9. The van der Waals surface area contributed by atoms with Crippen molar-refractivity contribution in [2.75, 3.05) is 26.2 Å².